The molecule has 3 heteroatoms. The number of fused-ring (bicyclic) bond motifs is 2. The molecule has 0 bridgehead atoms. The average Bonchev–Trinajstić information content (AvgIpc) is 2.79. The van der Waals surface area contributed by atoms with E-state index in [1.807, 2.05) is 48.1 Å². The van der Waals surface area contributed by atoms with Crippen LogP contribution < -0.4 is 9.67 Å². The van der Waals surface area contributed by atoms with Gasteiger partial charge < -0.3 is 5.11 Å². The minimum absolute atomic E-state index is 0.184. The third-order valence-corrected chi connectivity index (χ3v) is 4.12. The van der Waals surface area contributed by atoms with Gasteiger partial charge in [0.05, 0.1) is 0 Å². The largest absolute Gasteiger partial charge is 0.872 e. The van der Waals surface area contributed by atoms with Crippen molar-refractivity contribution in [1.82, 2.24) is 0 Å². The van der Waals surface area contributed by atoms with E-state index < -0.39 is 0 Å². The van der Waals surface area contributed by atoms with E-state index in [1.165, 1.54) is 0 Å². The van der Waals surface area contributed by atoms with Crippen LogP contribution in [0.1, 0.15) is 21.5 Å². The van der Waals surface area contributed by atoms with Crippen LogP contribution in [0.25, 0.3) is 22.2 Å². The lowest BCUT2D eigenvalue weighted by atomic mass is 10.0. The van der Waals surface area contributed by atoms with E-state index in [2.05, 4.69) is 0 Å². The van der Waals surface area contributed by atoms with Gasteiger partial charge >= 0.3 is 0 Å². The van der Waals surface area contributed by atoms with Crippen molar-refractivity contribution in [2.24, 2.45) is 7.05 Å². The zero-order chi connectivity index (χ0) is 15.3. The number of ketones is 1. The topological polar surface area (TPSA) is 44.0 Å². The van der Waals surface area contributed by atoms with Gasteiger partial charge in [0, 0.05) is 28.2 Å². The second kappa shape index (κ2) is 4.53. The van der Waals surface area contributed by atoms with Gasteiger partial charge in [-0.2, -0.15) is 0 Å². The summed E-state index contributed by atoms with van der Waals surface area (Å²) < 4.78 is 1.95. The minimum atomic E-state index is -0.184. The van der Waals surface area contributed by atoms with Gasteiger partial charge in [-0.25, -0.2) is 4.57 Å². The average molecular weight is 287 g/mol. The van der Waals surface area contributed by atoms with Crippen LogP contribution in [0.4, 0.5) is 0 Å². The minimum Gasteiger partial charge on any atom is -0.872 e. The summed E-state index contributed by atoms with van der Waals surface area (Å²) in [5.74, 6) is -0.369. The quantitative estimate of drug-likeness (QED) is 0.643. The predicted octanol–water partition coefficient (Wildman–Crippen LogP) is 2.09. The second-order valence-corrected chi connectivity index (χ2v) is 5.48. The van der Waals surface area contributed by atoms with Crippen molar-refractivity contribution in [1.29, 1.82) is 0 Å². The fourth-order valence-electron chi connectivity index (χ4n) is 3.06. The number of carbonyl (C=O) groups is 1. The lowest BCUT2D eigenvalue weighted by Gasteiger charge is -2.11. The summed E-state index contributed by atoms with van der Waals surface area (Å²) in [6.07, 6.45) is 1.85. The molecule has 1 aromatic heterocycles. The Morgan fingerprint density at radius 2 is 1.64 bits per heavy atom. The normalized spacial score (nSPS) is 13.8. The first-order valence-electron chi connectivity index (χ1n) is 7.11. The van der Waals surface area contributed by atoms with Crippen LogP contribution in [0.2, 0.25) is 0 Å². The summed E-state index contributed by atoms with van der Waals surface area (Å²) in [7, 11) is 1.92. The summed E-state index contributed by atoms with van der Waals surface area (Å²) in [5.41, 5.74) is 2.99. The number of Topliss-reactive ketones (excluding diaryl/α,β-unsaturated/α-hetero) is 1. The molecule has 22 heavy (non-hydrogen) atoms. The fraction of sp³-hybridized carbons (Fsp3) is 0.0526. The third-order valence-electron chi connectivity index (χ3n) is 4.12. The molecule has 1 aliphatic carbocycles. The molecule has 3 aromatic rings. The number of para-hydroxylation sites is 1. The SMILES string of the molecule is C[n+]1cc(C2=C([O-])c3ccccc3C2=O)cc2ccccc21. The van der Waals surface area contributed by atoms with E-state index in [4.69, 9.17) is 0 Å². The maximum atomic E-state index is 12.6. The van der Waals surface area contributed by atoms with Crippen molar-refractivity contribution in [3.63, 3.8) is 0 Å². The number of hydrogen-bond donors (Lipinski definition) is 0. The molecule has 2 aromatic carbocycles. The molecule has 106 valence electrons. The number of benzene rings is 2. The Kier molecular flexibility index (Phi) is 2.63. The zero-order valence-electron chi connectivity index (χ0n) is 12.0. The molecular weight excluding hydrogens is 274 g/mol. The monoisotopic (exact) mass is 287 g/mol. The second-order valence-electron chi connectivity index (χ2n) is 5.48. The van der Waals surface area contributed by atoms with Crippen molar-refractivity contribution >= 4 is 28.0 Å². The molecule has 0 spiro atoms. The Balaban J connectivity index is 1.97. The van der Waals surface area contributed by atoms with E-state index in [-0.39, 0.29) is 17.1 Å². The first-order chi connectivity index (χ1) is 10.7. The summed E-state index contributed by atoms with van der Waals surface area (Å²) >= 11 is 0. The van der Waals surface area contributed by atoms with Crippen molar-refractivity contribution in [2.45, 2.75) is 0 Å². The molecule has 3 nitrogen and oxygen atoms in total. The highest BCUT2D eigenvalue weighted by atomic mass is 16.3. The Morgan fingerprint density at radius 3 is 2.41 bits per heavy atom. The van der Waals surface area contributed by atoms with Gasteiger partial charge in [0.2, 0.25) is 5.52 Å². The maximum Gasteiger partial charge on any atom is 0.212 e. The van der Waals surface area contributed by atoms with Crippen molar-refractivity contribution in [2.75, 3.05) is 0 Å². The highest BCUT2D eigenvalue weighted by Gasteiger charge is 2.27. The highest BCUT2D eigenvalue weighted by molar-refractivity contribution is 6.38. The van der Waals surface area contributed by atoms with Crippen LogP contribution in [0.5, 0.6) is 0 Å². The van der Waals surface area contributed by atoms with Gasteiger partial charge in [-0.3, -0.25) is 4.79 Å². The first kappa shape index (κ1) is 12.8. The van der Waals surface area contributed by atoms with Crippen LogP contribution >= 0.6 is 0 Å². The molecule has 0 N–H and O–H groups in total. The van der Waals surface area contributed by atoms with E-state index in [1.54, 1.807) is 24.3 Å². The van der Waals surface area contributed by atoms with E-state index in [0.29, 0.717) is 16.7 Å². The summed E-state index contributed by atoms with van der Waals surface area (Å²) in [5, 5.41) is 13.6. The molecule has 0 aliphatic heterocycles. The molecule has 0 saturated heterocycles. The fourth-order valence-corrected chi connectivity index (χ4v) is 3.06. The molecule has 0 amide bonds. The van der Waals surface area contributed by atoms with Crippen molar-refractivity contribution in [3.05, 3.63) is 77.5 Å². The molecule has 0 unspecified atom stereocenters. The molecule has 1 heterocycles. The standard InChI is InChI=1S/C19H13NO2/c1-20-11-13(10-12-6-2-5-9-16(12)20)17-18(21)14-7-3-4-8-15(14)19(17)22/h2-11H,1H3. The van der Waals surface area contributed by atoms with Gasteiger partial charge in [-0.15, -0.1) is 0 Å². The van der Waals surface area contributed by atoms with Gasteiger partial charge in [-0.1, -0.05) is 42.2 Å². The molecule has 0 saturated carbocycles. The first-order valence-corrected chi connectivity index (χ1v) is 7.11. The lowest BCUT2D eigenvalue weighted by Crippen LogP contribution is -2.29. The van der Waals surface area contributed by atoms with Gasteiger partial charge in [0.15, 0.2) is 12.0 Å². The summed E-state index contributed by atoms with van der Waals surface area (Å²) in [4.78, 5) is 12.6. The van der Waals surface area contributed by atoms with E-state index >= 15 is 0 Å². The Hall–Kier alpha value is -2.94. The number of rotatable bonds is 1. The van der Waals surface area contributed by atoms with Crippen LogP contribution in [-0.4, -0.2) is 5.78 Å². The van der Waals surface area contributed by atoms with Crippen LogP contribution in [0.3, 0.4) is 0 Å². The zero-order valence-corrected chi connectivity index (χ0v) is 12.0. The number of pyridine rings is 1. The lowest BCUT2D eigenvalue weighted by molar-refractivity contribution is -0.645. The molecule has 0 atom stereocenters. The number of nitrogens with zero attached hydrogens (tertiary/aromatic N) is 1. The van der Waals surface area contributed by atoms with Crippen molar-refractivity contribution in [3.8, 4) is 0 Å². The van der Waals surface area contributed by atoms with Gasteiger partial charge in [0.25, 0.3) is 0 Å². The number of allylic oxidation sites excluding steroid dienone is 1. The molecule has 4 rings (SSSR count). The van der Waals surface area contributed by atoms with Crippen LogP contribution in [-0.2, 0) is 7.05 Å². The molecule has 0 radical (unpaired) electrons. The van der Waals surface area contributed by atoms with Crippen LogP contribution in [0.15, 0.2) is 60.8 Å². The molecular formula is C19H13NO2. The molecule has 0 fully saturated rings. The number of hydrogen-bond acceptors (Lipinski definition) is 2. The third kappa shape index (κ3) is 1.69. The Bertz CT molecular complexity index is 970. The smallest absolute Gasteiger partial charge is 0.212 e. The Morgan fingerprint density at radius 1 is 0.955 bits per heavy atom. The number of carbonyl (C=O) groups excluding carboxylic acids is 1. The predicted molar refractivity (Wildman–Crippen MR) is 82.7 cm³/mol. The number of aromatic nitrogens is 1. The number of aryl methyl sites for hydroxylation is 1. The van der Waals surface area contributed by atoms with Gasteiger partial charge in [0.1, 0.15) is 7.05 Å². The van der Waals surface area contributed by atoms with E-state index in [9.17, 15) is 9.90 Å². The van der Waals surface area contributed by atoms with Crippen molar-refractivity contribution < 1.29 is 14.5 Å². The Labute approximate surface area is 127 Å². The highest BCUT2D eigenvalue weighted by Crippen LogP contribution is 2.35. The molecule has 1 aliphatic rings. The maximum absolute atomic E-state index is 12.6. The van der Waals surface area contributed by atoms with Crippen LogP contribution in [0, 0.1) is 0 Å². The summed E-state index contributed by atoms with van der Waals surface area (Å²) in [6, 6.07) is 16.8. The summed E-state index contributed by atoms with van der Waals surface area (Å²) in [6.45, 7) is 0. The van der Waals surface area contributed by atoms with Gasteiger partial charge in [-0.05, 0) is 17.7 Å². The van der Waals surface area contributed by atoms with E-state index in [0.717, 1.165) is 10.9 Å².